The molecule has 0 N–H and O–H groups in total. The van der Waals surface area contributed by atoms with Gasteiger partial charge in [0.1, 0.15) is 0 Å². The molecule has 0 aliphatic carbocycles. The lowest BCUT2D eigenvalue weighted by Gasteiger charge is -2.30. The molecule has 2 aromatic rings. The molecular formula is C14H16N4OS. The summed E-state index contributed by atoms with van der Waals surface area (Å²) in [5.74, 6) is 1.11. The number of thioether (sulfide) groups is 1. The highest BCUT2D eigenvalue weighted by Crippen LogP contribution is 2.20. The highest BCUT2D eigenvalue weighted by atomic mass is 32.2. The first-order valence-electron chi connectivity index (χ1n) is 6.61. The molecule has 1 amide bonds. The van der Waals surface area contributed by atoms with Crippen LogP contribution in [0.25, 0.3) is 5.69 Å². The molecular weight excluding hydrogens is 272 g/mol. The van der Waals surface area contributed by atoms with E-state index in [2.05, 4.69) is 17.2 Å². The molecule has 104 valence electrons. The molecule has 1 aliphatic heterocycles. The zero-order chi connectivity index (χ0) is 13.9. The molecule has 0 saturated carbocycles. The quantitative estimate of drug-likeness (QED) is 0.846. The molecule has 1 aromatic carbocycles. The fourth-order valence-electron chi connectivity index (χ4n) is 2.31. The number of aromatic nitrogens is 3. The van der Waals surface area contributed by atoms with Crippen LogP contribution >= 0.6 is 11.8 Å². The van der Waals surface area contributed by atoms with Gasteiger partial charge in [-0.2, -0.15) is 11.8 Å². The number of amides is 1. The van der Waals surface area contributed by atoms with Crippen molar-refractivity contribution in [2.24, 2.45) is 0 Å². The van der Waals surface area contributed by atoms with Crippen LogP contribution in [0.2, 0.25) is 0 Å². The Hall–Kier alpha value is -1.82. The Morgan fingerprint density at radius 2 is 2.35 bits per heavy atom. The van der Waals surface area contributed by atoms with Crippen LogP contribution in [-0.2, 0) is 0 Å². The van der Waals surface area contributed by atoms with Crippen molar-refractivity contribution in [2.45, 2.75) is 12.2 Å². The second-order valence-electron chi connectivity index (χ2n) is 4.83. The smallest absolute Gasteiger partial charge is 0.253 e. The number of rotatable bonds is 2. The lowest BCUT2D eigenvalue weighted by Crippen LogP contribution is -2.41. The Morgan fingerprint density at radius 1 is 1.45 bits per heavy atom. The second-order valence-corrected chi connectivity index (χ2v) is 6.38. The van der Waals surface area contributed by atoms with Gasteiger partial charge in [-0.3, -0.25) is 4.79 Å². The topological polar surface area (TPSA) is 51.0 Å². The number of hydrogen-bond donors (Lipinski definition) is 0. The summed E-state index contributed by atoms with van der Waals surface area (Å²) in [4.78, 5) is 14.5. The molecule has 0 bridgehead atoms. The van der Waals surface area contributed by atoms with Crippen LogP contribution in [0.15, 0.2) is 36.7 Å². The molecule has 2 heterocycles. The van der Waals surface area contributed by atoms with Gasteiger partial charge in [0.25, 0.3) is 5.91 Å². The fraction of sp³-hybridized carbons (Fsp3) is 0.357. The maximum atomic E-state index is 12.5. The molecule has 0 unspecified atom stereocenters. The van der Waals surface area contributed by atoms with Crippen LogP contribution in [0.1, 0.15) is 17.3 Å². The molecule has 5 nitrogen and oxygen atoms in total. The number of carbonyl (C=O) groups excluding carboxylic acids is 1. The Labute approximate surface area is 122 Å². The largest absolute Gasteiger partial charge is 0.337 e. The predicted octanol–water partition coefficient (Wildman–Crippen LogP) is 1.84. The third kappa shape index (κ3) is 2.70. The van der Waals surface area contributed by atoms with Crippen molar-refractivity contribution in [3.63, 3.8) is 0 Å². The van der Waals surface area contributed by atoms with Crippen LogP contribution in [0.4, 0.5) is 0 Å². The predicted molar refractivity (Wildman–Crippen MR) is 79.2 cm³/mol. The van der Waals surface area contributed by atoms with Gasteiger partial charge in [-0.25, -0.2) is 4.68 Å². The highest BCUT2D eigenvalue weighted by Gasteiger charge is 2.22. The van der Waals surface area contributed by atoms with Gasteiger partial charge in [-0.1, -0.05) is 18.2 Å². The van der Waals surface area contributed by atoms with Crippen molar-refractivity contribution in [3.8, 4) is 5.69 Å². The fourth-order valence-corrected chi connectivity index (χ4v) is 3.33. The minimum Gasteiger partial charge on any atom is -0.337 e. The monoisotopic (exact) mass is 288 g/mol. The maximum absolute atomic E-state index is 12.5. The minimum absolute atomic E-state index is 0.0964. The van der Waals surface area contributed by atoms with Gasteiger partial charge in [-0.15, -0.1) is 5.10 Å². The van der Waals surface area contributed by atoms with Gasteiger partial charge < -0.3 is 4.90 Å². The molecule has 1 aliphatic rings. The number of carbonyl (C=O) groups is 1. The molecule has 1 aromatic heterocycles. The van der Waals surface area contributed by atoms with Gasteiger partial charge in [0.05, 0.1) is 18.1 Å². The van der Waals surface area contributed by atoms with E-state index in [9.17, 15) is 4.79 Å². The van der Waals surface area contributed by atoms with E-state index in [1.54, 1.807) is 17.1 Å². The molecule has 1 fully saturated rings. The zero-order valence-corrected chi connectivity index (χ0v) is 12.1. The van der Waals surface area contributed by atoms with Crippen molar-refractivity contribution in [1.82, 2.24) is 19.9 Å². The van der Waals surface area contributed by atoms with E-state index in [0.717, 1.165) is 24.5 Å². The first kappa shape index (κ1) is 13.2. The van der Waals surface area contributed by atoms with E-state index in [1.807, 2.05) is 40.9 Å². The summed E-state index contributed by atoms with van der Waals surface area (Å²) in [6.45, 7) is 3.80. The minimum atomic E-state index is 0.0964. The molecule has 0 spiro atoms. The Morgan fingerprint density at radius 3 is 3.10 bits per heavy atom. The van der Waals surface area contributed by atoms with Crippen molar-refractivity contribution in [1.29, 1.82) is 0 Å². The normalized spacial score (nSPS) is 19.1. The van der Waals surface area contributed by atoms with Crippen molar-refractivity contribution in [3.05, 3.63) is 42.2 Å². The first-order valence-corrected chi connectivity index (χ1v) is 7.66. The van der Waals surface area contributed by atoms with Crippen molar-refractivity contribution >= 4 is 17.7 Å². The van der Waals surface area contributed by atoms with Crippen LogP contribution in [-0.4, -0.2) is 49.9 Å². The molecule has 6 heteroatoms. The average Bonchev–Trinajstić information content (AvgIpc) is 3.01. The zero-order valence-electron chi connectivity index (χ0n) is 11.3. The SMILES string of the molecule is C[C@H]1CN(C(=O)c2cccc(-n3ccnn3)c2)CCS1. The third-order valence-corrected chi connectivity index (χ3v) is 4.44. The molecule has 3 rings (SSSR count). The molecule has 1 saturated heterocycles. The summed E-state index contributed by atoms with van der Waals surface area (Å²) in [6, 6.07) is 7.52. The van der Waals surface area contributed by atoms with Gasteiger partial charge in [0, 0.05) is 29.7 Å². The lowest BCUT2D eigenvalue weighted by molar-refractivity contribution is 0.0763. The molecule has 0 radical (unpaired) electrons. The van der Waals surface area contributed by atoms with Crippen LogP contribution < -0.4 is 0 Å². The lowest BCUT2D eigenvalue weighted by atomic mass is 10.1. The Kier molecular flexibility index (Phi) is 3.73. The van der Waals surface area contributed by atoms with E-state index in [4.69, 9.17) is 0 Å². The second kappa shape index (κ2) is 5.66. The highest BCUT2D eigenvalue weighted by molar-refractivity contribution is 7.99. The standard InChI is InChI=1S/C14H16N4OS/c1-11-10-17(7-8-20-11)14(19)12-3-2-4-13(9-12)18-6-5-15-16-18/h2-6,9,11H,7-8,10H2,1H3/t11-/m0/s1. The molecule has 20 heavy (non-hydrogen) atoms. The third-order valence-electron chi connectivity index (χ3n) is 3.31. The van der Waals surface area contributed by atoms with Crippen LogP contribution in [0.3, 0.4) is 0 Å². The van der Waals surface area contributed by atoms with E-state index < -0.39 is 0 Å². The van der Waals surface area contributed by atoms with Gasteiger partial charge >= 0.3 is 0 Å². The summed E-state index contributed by atoms with van der Waals surface area (Å²) in [7, 11) is 0. The Balaban J connectivity index is 1.83. The number of hydrogen-bond acceptors (Lipinski definition) is 4. The average molecular weight is 288 g/mol. The van der Waals surface area contributed by atoms with Crippen molar-refractivity contribution in [2.75, 3.05) is 18.8 Å². The van der Waals surface area contributed by atoms with Crippen LogP contribution in [0.5, 0.6) is 0 Å². The summed E-state index contributed by atoms with van der Waals surface area (Å²) in [5.41, 5.74) is 1.56. The van der Waals surface area contributed by atoms with Gasteiger partial charge in [0.2, 0.25) is 0 Å². The van der Waals surface area contributed by atoms with Gasteiger partial charge in [-0.05, 0) is 18.2 Å². The van der Waals surface area contributed by atoms with Crippen molar-refractivity contribution < 1.29 is 4.79 Å². The summed E-state index contributed by atoms with van der Waals surface area (Å²) >= 11 is 1.92. The molecule has 1 atom stereocenters. The summed E-state index contributed by atoms with van der Waals surface area (Å²) in [6.07, 6.45) is 3.39. The van der Waals surface area contributed by atoms with E-state index in [0.29, 0.717) is 10.8 Å². The number of benzene rings is 1. The summed E-state index contributed by atoms with van der Waals surface area (Å²) in [5, 5.41) is 8.24. The first-order chi connectivity index (χ1) is 9.74. The Bertz CT molecular complexity index is 599. The number of nitrogens with zero attached hydrogens (tertiary/aromatic N) is 4. The van der Waals surface area contributed by atoms with Crippen LogP contribution in [0, 0.1) is 0 Å². The maximum Gasteiger partial charge on any atom is 0.253 e. The van der Waals surface area contributed by atoms with E-state index in [1.165, 1.54) is 0 Å². The van der Waals surface area contributed by atoms with E-state index in [-0.39, 0.29) is 5.91 Å². The van der Waals surface area contributed by atoms with E-state index >= 15 is 0 Å². The van der Waals surface area contributed by atoms with Gasteiger partial charge in [0.15, 0.2) is 0 Å². The summed E-state index contributed by atoms with van der Waals surface area (Å²) < 4.78 is 1.66.